The van der Waals surface area contributed by atoms with Crippen LogP contribution in [-0.4, -0.2) is 6.61 Å². The fraction of sp³-hybridized carbons (Fsp3) is 0.400. The summed E-state index contributed by atoms with van der Waals surface area (Å²) in [5, 5.41) is 0. The lowest BCUT2D eigenvalue weighted by Gasteiger charge is -2.13. The minimum Gasteiger partial charge on any atom is -0.492 e. The molecule has 2 aromatic rings. The second kappa shape index (κ2) is 9.88. The summed E-state index contributed by atoms with van der Waals surface area (Å²) in [6, 6.07) is 16.8. The van der Waals surface area contributed by atoms with Crippen molar-refractivity contribution < 1.29 is 4.74 Å². The zero-order valence-corrected chi connectivity index (χ0v) is 15.5. The second-order valence-corrected chi connectivity index (χ2v) is 6.76. The van der Waals surface area contributed by atoms with Crippen molar-refractivity contribution in [1.82, 2.24) is 0 Å². The molecule has 0 fully saturated rings. The molecule has 0 spiro atoms. The number of unbranched alkanes of at least 4 members (excludes halogenated alkanes) is 5. The number of benzene rings is 2. The molecule has 22 heavy (non-hydrogen) atoms. The largest absolute Gasteiger partial charge is 0.492 e. The summed E-state index contributed by atoms with van der Waals surface area (Å²) in [6.07, 6.45) is 7.75. The Bertz CT molecular complexity index is 551. The minimum absolute atomic E-state index is 0.811. The van der Waals surface area contributed by atoms with Crippen LogP contribution in [0.25, 0.3) is 11.1 Å². The molecule has 0 amide bonds. The molecular formula is C20H25IO. The summed E-state index contributed by atoms with van der Waals surface area (Å²) in [5.41, 5.74) is 2.41. The van der Waals surface area contributed by atoms with Gasteiger partial charge in [0.2, 0.25) is 0 Å². The SMILES string of the molecule is CCCCCCCCOc1c(I)cccc1-c1ccccc1. The molecule has 0 aliphatic carbocycles. The van der Waals surface area contributed by atoms with Crippen molar-refractivity contribution in [2.75, 3.05) is 6.61 Å². The van der Waals surface area contributed by atoms with Gasteiger partial charge in [0.05, 0.1) is 10.2 Å². The second-order valence-electron chi connectivity index (χ2n) is 5.60. The molecule has 0 saturated heterocycles. The smallest absolute Gasteiger partial charge is 0.140 e. The van der Waals surface area contributed by atoms with Crippen LogP contribution in [0.5, 0.6) is 5.75 Å². The average molecular weight is 408 g/mol. The van der Waals surface area contributed by atoms with Gasteiger partial charge in [-0.25, -0.2) is 0 Å². The predicted molar refractivity (Wildman–Crippen MR) is 103 cm³/mol. The molecule has 0 bridgehead atoms. The molecule has 118 valence electrons. The van der Waals surface area contributed by atoms with Crippen LogP contribution in [0, 0.1) is 3.57 Å². The van der Waals surface area contributed by atoms with Crippen LogP contribution in [0.2, 0.25) is 0 Å². The van der Waals surface area contributed by atoms with E-state index < -0.39 is 0 Å². The van der Waals surface area contributed by atoms with Crippen molar-refractivity contribution in [3.8, 4) is 16.9 Å². The van der Waals surface area contributed by atoms with E-state index in [0.29, 0.717) is 0 Å². The van der Waals surface area contributed by atoms with Crippen LogP contribution >= 0.6 is 22.6 Å². The monoisotopic (exact) mass is 408 g/mol. The molecule has 0 aliphatic rings. The van der Waals surface area contributed by atoms with Crippen LogP contribution in [-0.2, 0) is 0 Å². The van der Waals surface area contributed by atoms with Crippen LogP contribution in [0.3, 0.4) is 0 Å². The summed E-state index contributed by atoms with van der Waals surface area (Å²) >= 11 is 2.37. The average Bonchev–Trinajstić information content (AvgIpc) is 2.56. The van der Waals surface area contributed by atoms with E-state index in [9.17, 15) is 0 Å². The molecule has 0 unspecified atom stereocenters. The first-order valence-electron chi connectivity index (χ1n) is 8.29. The van der Waals surface area contributed by atoms with Gasteiger partial charge in [-0.15, -0.1) is 0 Å². The molecular weight excluding hydrogens is 383 g/mol. The molecule has 0 N–H and O–H groups in total. The lowest BCUT2D eigenvalue weighted by molar-refractivity contribution is 0.303. The molecule has 0 aromatic heterocycles. The number of hydrogen-bond acceptors (Lipinski definition) is 1. The molecule has 0 radical (unpaired) electrons. The molecule has 1 nitrogen and oxygen atoms in total. The van der Waals surface area contributed by atoms with Gasteiger partial charge in [-0.05, 0) is 40.6 Å². The number of para-hydroxylation sites is 1. The van der Waals surface area contributed by atoms with Gasteiger partial charge in [-0.1, -0.05) is 81.5 Å². The lowest BCUT2D eigenvalue weighted by Crippen LogP contribution is -2.00. The van der Waals surface area contributed by atoms with E-state index in [0.717, 1.165) is 18.8 Å². The van der Waals surface area contributed by atoms with E-state index in [-0.39, 0.29) is 0 Å². The van der Waals surface area contributed by atoms with Crippen LogP contribution in [0.1, 0.15) is 45.4 Å². The molecule has 0 saturated carbocycles. The Balaban J connectivity index is 1.93. The van der Waals surface area contributed by atoms with Gasteiger partial charge in [-0.3, -0.25) is 0 Å². The Morgan fingerprint density at radius 1 is 0.818 bits per heavy atom. The maximum absolute atomic E-state index is 6.12. The molecule has 0 aliphatic heterocycles. The predicted octanol–water partition coefficient (Wildman–Crippen LogP) is 6.70. The fourth-order valence-corrected chi connectivity index (χ4v) is 3.21. The fourth-order valence-electron chi connectivity index (χ4n) is 2.56. The summed E-state index contributed by atoms with van der Waals surface area (Å²) in [7, 11) is 0. The van der Waals surface area contributed by atoms with Gasteiger partial charge in [0.25, 0.3) is 0 Å². The Morgan fingerprint density at radius 3 is 2.32 bits per heavy atom. The molecule has 2 rings (SSSR count). The maximum Gasteiger partial charge on any atom is 0.140 e. The standard InChI is InChI=1S/C20H25IO/c1-2-3-4-5-6-10-16-22-20-18(14-11-15-19(20)21)17-12-8-7-9-13-17/h7-9,11-15H,2-6,10,16H2,1H3. The highest BCUT2D eigenvalue weighted by molar-refractivity contribution is 14.1. The van der Waals surface area contributed by atoms with Gasteiger partial charge >= 0.3 is 0 Å². The van der Waals surface area contributed by atoms with E-state index in [1.54, 1.807) is 0 Å². The first kappa shape index (κ1) is 17.3. The van der Waals surface area contributed by atoms with Crippen LogP contribution in [0.4, 0.5) is 0 Å². The highest BCUT2D eigenvalue weighted by Crippen LogP contribution is 2.34. The summed E-state index contributed by atoms with van der Waals surface area (Å²) in [6.45, 7) is 3.07. The van der Waals surface area contributed by atoms with Crippen molar-refractivity contribution in [2.24, 2.45) is 0 Å². The third kappa shape index (κ3) is 5.31. The Labute approximate surface area is 148 Å². The Hall–Kier alpha value is -1.03. The van der Waals surface area contributed by atoms with Crippen molar-refractivity contribution in [3.05, 3.63) is 52.1 Å². The minimum atomic E-state index is 0.811. The topological polar surface area (TPSA) is 9.23 Å². The number of rotatable bonds is 9. The number of halogens is 1. The van der Waals surface area contributed by atoms with Gasteiger partial charge < -0.3 is 4.74 Å². The van der Waals surface area contributed by atoms with Crippen molar-refractivity contribution in [3.63, 3.8) is 0 Å². The summed E-state index contributed by atoms with van der Waals surface area (Å²) in [5.74, 6) is 1.03. The third-order valence-corrected chi connectivity index (χ3v) is 4.65. The van der Waals surface area contributed by atoms with Gasteiger partial charge in [0.1, 0.15) is 5.75 Å². The normalized spacial score (nSPS) is 10.6. The van der Waals surface area contributed by atoms with Gasteiger partial charge in [0, 0.05) is 5.56 Å². The van der Waals surface area contributed by atoms with Gasteiger partial charge in [-0.2, -0.15) is 0 Å². The lowest BCUT2D eigenvalue weighted by atomic mass is 10.0. The van der Waals surface area contributed by atoms with E-state index in [4.69, 9.17) is 4.74 Å². The quantitative estimate of drug-likeness (QED) is 0.332. The van der Waals surface area contributed by atoms with Gasteiger partial charge in [0.15, 0.2) is 0 Å². The number of hydrogen-bond donors (Lipinski definition) is 0. The van der Waals surface area contributed by atoms with Crippen molar-refractivity contribution in [2.45, 2.75) is 45.4 Å². The Morgan fingerprint density at radius 2 is 1.55 bits per heavy atom. The van der Waals surface area contributed by atoms with Crippen molar-refractivity contribution >= 4 is 22.6 Å². The van der Waals surface area contributed by atoms with Crippen LogP contribution < -0.4 is 4.74 Å². The third-order valence-electron chi connectivity index (χ3n) is 3.80. The first-order valence-corrected chi connectivity index (χ1v) is 9.37. The molecule has 0 heterocycles. The molecule has 0 atom stereocenters. The van der Waals surface area contributed by atoms with E-state index >= 15 is 0 Å². The summed E-state index contributed by atoms with van der Waals surface area (Å²) < 4.78 is 7.31. The van der Waals surface area contributed by atoms with E-state index in [1.807, 2.05) is 6.07 Å². The summed E-state index contributed by atoms with van der Waals surface area (Å²) in [4.78, 5) is 0. The maximum atomic E-state index is 6.12. The van der Waals surface area contributed by atoms with Crippen LogP contribution in [0.15, 0.2) is 48.5 Å². The highest BCUT2D eigenvalue weighted by atomic mass is 127. The zero-order valence-electron chi connectivity index (χ0n) is 13.4. The van der Waals surface area contributed by atoms with E-state index in [1.165, 1.54) is 46.8 Å². The Kier molecular flexibility index (Phi) is 7.78. The van der Waals surface area contributed by atoms with Crippen molar-refractivity contribution in [1.29, 1.82) is 0 Å². The van der Waals surface area contributed by atoms with E-state index in [2.05, 4.69) is 72.0 Å². The highest BCUT2D eigenvalue weighted by Gasteiger charge is 2.09. The number of ether oxygens (including phenoxy) is 1. The first-order chi connectivity index (χ1) is 10.8. The molecule has 2 heteroatoms. The molecule has 2 aromatic carbocycles. The zero-order chi connectivity index (χ0) is 15.6.